The Bertz CT molecular complexity index is 408. The predicted molar refractivity (Wildman–Crippen MR) is 66.6 cm³/mol. The summed E-state index contributed by atoms with van der Waals surface area (Å²) >= 11 is 1.05. The molecule has 1 aromatic carbocycles. The molecule has 0 radical (unpaired) electrons. The Morgan fingerprint density at radius 1 is 1.35 bits per heavy atom. The van der Waals surface area contributed by atoms with Gasteiger partial charge in [-0.2, -0.15) is 0 Å². The summed E-state index contributed by atoms with van der Waals surface area (Å²) in [6.07, 6.45) is 0. The number of hydrogen-bond acceptors (Lipinski definition) is 4. The van der Waals surface area contributed by atoms with E-state index in [-0.39, 0.29) is 17.4 Å². The van der Waals surface area contributed by atoms with Gasteiger partial charge in [0.15, 0.2) is 0 Å². The zero-order chi connectivity index (χ0) is 12.7. The first-order valence-corrected chi connectivity index (χ1v) is 6.01. The number of hydrogen-bond donors (Lipinski definition) is 2. The number of carboxylic acid groups (broad SMARTS) is 1. The van der Waals surface area contributed by atoms with E-state index in [0.717, 1.165) is 11.8 Å². The number of carbonyl (C=O) groups excluding carboxylic acids is 1. The van der Waals surface area contributed by atoms with Gasteiger partial charge in [0, 0.05) is 0 Å². The van der Waals surface area contributed by atoms with E-state index in [1.165, 1.54) is 7.11 Å². The van der Waals surface area contributed by atoms with Crippen LogP contribution >= 0.6 is 11.8 Å². The Balaban J connectivity index is 2.47. The topological polar surface area (TPSA) is 75.6 Å². The molecule has 1 amide bonds. The van der Waals surface area contributed by atoms with E-state index in [9.17, 15) is 9.59 Å². The average molecular weight is 255 g/mol. The highest BCUT2D eigenvalue weighted by atomic mass is 32.2. The number of carbonyl (C=O) groups is 2. The molecular formula is C11H13NO4S. The number of thioether (sulfide) groups is 1. The van der Waals surface area contributed by atoms with Crippen LogP contribution in [0.4, 0.5) is 5.69 Å². The van der Waals surface area contributed by atoms with Crippen molar-refractivity contribution in [1.29, 1.82) is 0 Å². The number of ether oxygens (including phenoxy) is 1. The first kappa shape index (κ1) is 13.4. The van der Waals surface area contributed by atoms with Crippen LogP contribution in [-0.2, 0) is 9.59 Å². The number of benzene rings is 1. The third-order valence-electron chi connectivity index (χ3n) is 1.84. The summed E-state index contributed by atoms with van der Waals surface area (Å²) in [5.74, 6) is -0.589. The van der Waals surface area contributed by atoms with Gasteiger partial charge in [-0.05, 0) is 12.1 Å². The minimum absolute atomic E-state index is 0.0840. The molecule has 0 aliphatic rings. The lowest BCUT2D eigenvalue weighted by Gasteiger charge is -2.09. The van der Waals surface area contributed by atoms with E-state index in [4.69, 9.17) is 9.84 Å². The molecule has 0 aliphatic heterocycles. The molecule has 92 valence electrons. The maximum Gasteiger partial charge on any atom is 0.313 e. The van der Waals surface area contributed by atoms with Crippen LogP contribution in [0.25, 0.3) is 0 Å². The maximum absolute atomic E-state index is 11.5. The summed E-state index contributed by atoms with van der Waals surface area (Å²) in [6, 6.07) is 7.04. The van der Waals surface area contributed by atoms with Crippen molar-refractivity contribution in [3.8, 4) is 5.75 Å². The summed E-state index contributed by atoms with van der Waals surface area (Å²) in [4.78, 5) is 21.7. The van der Waals surface area contributed by atoms with Crippen LogP contribution in [0.3, 0.4) is 0 Å². The van der Waals surface area contributed by atoms with Crippen LogP contribution in [-0.4, -0.2) is 35.6 Å². The van der Waals surface area contributed by atoms with E-state index >= 15 is 0 Å². The molecule has 5 nitrogen and oxygen atoms in total. The second kappa shape index (κ2) is 6.80. The van der Waals surface area contributed by atoms with Gasteiger partial charge in [0.05, 0.1) is 24.3 Å². The third-order valence-corrected chi connectivity index (χ3v) is 2.76. The second-order valence-corrected chi connectivity index (χ2v) is 4.12. The summed E-state index contributed by atoms with van der Waals surface area (Å²) < 4.78 is 5.07. The van der Waals surface area contributed by atoms with Crippen molar-refractivity contribution in [3.63, 3.8) is 0 Å². The van der Waals surface area contributed by atoms with Crippen molar-refractivity contribution >= 4 is 29.3 Å². The zero-order valence-electron chi connectivity index (χ0n) is 9.30. The third kappa shape index (κ3) is 4.78. The lowest BCUT2D eigenvalue weighted by Crippen LogP contribution is -2.15. The number of anilines is 1. The molecule has 0 aliphatic carbocycles. The van der Waals surface area contributed by atoms with Crippen LogP contribution in [0.15, 0.2) is 24.3 Å². The van der Waals surface area contributed by atoms with Gasteiger partial charge in [-0.1, -0.05) is 12.1 Å². The summed E-state index contributed by atoms with van der Waals surface area (Å²) in [7, 11) is 1.52. The summed E-state index contributed by atoms with van der Waals surface area (Å²) in [6.45, 7) is 0. The molecular weight excluding hydrogens is 242 g/mol. The zero-order valence-corrected chi connectivity index (χ0v) is 10.1. The number of amides is 1. The monoisotopic (exact) mass is 255 g/mol. The van der Waals surface area contributed by atoms with Gasteiger partial charge in [-0.25, -0.2) is 0 Å². The smallest absolute Gasteiger partial charge is 0.313 e. The normalized spacial score (nSPS) is 9.71. The Kier molecular flexibility index (Phi) is 5.35. The van der Waals surface area contributed by atoms with Gasteiger partial charge in [0.2, 0.25) is 5.91 Å². The minimum Gasteiger partial charge on any atom is -0.495 e. The number of carboxylic acids is 1. The molecule has 0 fully saturated rings. The Labute approximate surface area is 103 Å². The van der Waals surface area contributed by atoms with Gasteiger partial charge >= 0.3 is 5.97 Å². The summed E-state index contributed by atoms with van der Waals surface area (Å²) in [5, 5.41) is 11.1. The standard InChI is InChI=1S/C11H13NO4S/c1-16-9-5-3-2-4-8(9)12-10(13)6-17-7-11(14)15/h2-5H,6-7H2,1H3,(H,12,13)(H,14,15). The fourth-order valence-electron chi connectivity index (χ4n) is 1.17. The van der Waals surface area contributed by atoms with E-state index < -0.39 is 5.97 Å². The quantitative estimate of drug-likeness (QED) is 0.804. The summed E-state index contributed by atoms with van der Waals surface area (Å²) in [5.41, 5.74) is 0.580. The molecule has 1 rings (SSSR count). The molecule has 0 aromatic heterocycles. The van der Waals surface area contributed by atoms with Crippen LogP contribution in [0.1, 0.15) is 0 Å². The SMILES string of the molecule is COc1ccccc1NC(=O)CSCC(=O)O. The van der Waals surface area contributed by atoms with Crippen LogP contribution in [0, 0.1) is 0 Å². The van der Waals surface area contributed by atoms with E-state index in [1.807, 2.05) is 0 Å². The predicted octanol–water partition coefficient (Wildman–Crippen LogP) is 1.45. The molecule has 17 heavy (non-hydrogen) atoms. The van der Waals surface area contributed by atoms with Crippen LogP contribution in [0.5, 0.6) is 5.75 Å². The van der Waals surface area contributed by atoms with E-state index in [1.54, 1.807) is 24.3 Å². The molecule has 0 bridgehead atoms. The molecule has 0 saturated heterocycles. The number of nitrogens with one attached hydrogen (secondary N) is 1. The number of para-hydroxylation sites is 2. The van der Waals surface area contributed by atoms with Gasteiger partial charge in [-0.3, -0.25) is 9.59 Å². The van der Waals surface area contributed by atoms with Gasteiger partial charge in [0.25, 0.3) is 0 Å². The number of rotatable bonds is 6. The molecule has 2 N–H and O–H groups in total. The molecule has 0 spiro atoms. The fraction of sp³-hybridized carbons (Fsp3) is 0.273. The molecule has 0 heterocycles. The Morgan fingerprint density at radius 2 is 2.06 bits per heavy atom. The minimum atomic E-state index is -0.930. The Morgan fingerprint density at radius 3 is 2.71 bits per heavy atom. The maximum atomic E-state index is 11.5. The van der Waals surface area contributed by atoms with E-state index in [2.05, 4.69) is 5.32 Å². The molecule has 0 unspecified atom stereocenters. The number of methoxy groups -OCH3 is 1. The van der Waals surface area contributed by atoms with Crippen molar-refractivity contribution in [2.24, 2.45) is 0 Å². The largest absolute Gasteiger partial charge is 0.495 e. The van der Waals surface area contributed by atoms with Crippen molar-refractivity contribution in [2.75, 3.05) is 23.9 Å². The average Bonchev–Trinajstić information content (AvgIpc) is 2.29. The Hall–Kier alpha value is -1.69. The fourth-order valence-corrected chi connectivity index (χ4v) is 1.70. The van der Waals surface area contributed by atoms with Gasteiger partial charge < -0.3 is 15.2 Å². The first-order chi connectivity index (χ1) is 8.13. The lowest BCUT2D eigenvalue weighted by molar-refractivity contribution is -0.133. The number of aliphatic carboxylic acids is 1. The first-order valence-electron chi connectivity index (χ1n) is 4.86. The highest BCUT2D eigenvalue weighted by Crippen LogP contribution is 2.23. The van der Waals surface area contributed by atoms with Crippen molar-refractivity contribution < 1.29 is 19.4 Å². The lowest BCUT2D eigenvalue weighted by atomic mass is 10.3. The van der Waals surface area contributed by atoms with Gasteiger partial charge in [-0.15, -0.1) is 11.8 Å². The highest BCUT2D eigenvalue weighted by molar-refractivity contribution is 8.00. The second-order valence-electron chi connectivity index (χ2n) is 3.13. The molecule has 0 atom stereocenters. The van der Waals surface area contributed by atoms with Crippen molar-refractivity contribution in [1.82, 2.24) is 0 Å². The molecule has 0 saturated carbocycles. The van der Waals surface area contributed by atoms with Crippen molar-refractivity contribution in [3.05, 3.63) is 24.3 Å². The molecule has 6 heteroatoms. The van der Waals surface area contributed by atoms with Crippen molar-refractivity contribution in [2.45, 2.75) is 0 Å². The van der Waals surface area contributed by atoms with Crippen LogP contribution in [0.2, 0.25) is 0 Å². The van der Waals surface area contributed by atoms with E-state index in [0.29, 0.717) is 11.4 Å². The highest BCUT2D eigenvalue weighted by Gasteiger charge is 2.07. The molecule has 1 aromatic rings. The van der Waals surface area contributed by atoms with Gasteiger partial charge in [0.1, 0.15) is 5.75 Å². The van der Waals surface area contributed by atoms with Crippen LogP contribution < -0.4 is 10.1 Å².